The molecule has 0 unspecified atom stereocenters. The first-order chi connectivity index (χ1) is 13.2. The first-order valence-corrected chi connectivity index (χ1v) is 7.79. The van der Waals surface area contributed by atoms with E-state index >= 15 is 0 Å². The van der Waals surface area contributed by atoms with Crippen LogP contribution < -0.4 is 10.2 Å². The standard InChI is InChI=1S/C23H10O4/c1-2-3-4-5-6-7-8-13-22(24)26-17-14-15-21-19(16-17)23(25)18-11-9-10-12-20(18)27-21/h9-12,14-16H,1H3. The molecule has 4 nitrogen and oxygen atoms in total. The molecule has 0 aliphatic rings. The lowest BCUT2D eigenvalue weighted by Crippen LogP contribution is -2.06. The van der Waals surface area contributed by atoms with Gasteiger partial charge in [0.05, 0.1) is 10.8 Å². The molecule has 0 fully saturated rings. The Hall–Kier alpha value is -4.38. The van der Waals surface area contributed by atoms with Crippen molar-refractivity contribution in [1.29, 1.82) is 0 Å². The number of hydrogen-bond donors (Lipinski definition) is 0. The van der Waals surface area contributed by atoms with Crippen LogP contribution in [0, 0.1) is 47.4 Å². The van der Waals surface area contributed by atoms with Crippen LogP contribution in [0.2, 0.25) is 0 Å². The molecule has 0 saturated carbocycles. The van der Waals surface area contributed by atoms with Crippen LogP contribution in [-0.2, 0) is 4.79 Å². The summed E-state index contributed by atoms with van der Waals surface area (Å²) >= 11 is 0. The van der Waals surface area contributed by atoms with Crippen LogP contribution in [0.4, 0.5) is 0 Å². The average molecular weight is 350 g/mol. The van der Waals surface area contributed by atoms with E-state index in [0.29, 0.717) is 21.9 Å². The molecule has 0 saturated heterocycles. The van der Waals surface area contributed by atoms with E-state index in [1.165, 1.54) is 12.1 Å². The van der Waals surface area contributed by atoms with Gasteiger partial charge in [0.1, 0.15) is 16.9 Å². The third-order valence-corrected chi connectivity index (χ3v) is 3.36. The summed E-state index contributed by atoms with van der Waals surface area (Å²) in [4.78, 5) is 24.3. The Balaban J connectivity index is 1.84. The SMILES string of the molecule is CC#CC#CC#CC#CC(=O)Oc1ccc2oc3ccccc3c(=O)c2c1. The van der Waals surface area contributed by atoms with E-state index in [4.69, 9.17) is 9.15 Å². The largest absolute Gasteiger partial charge is 0.456 e. The fourth-order valence-corrected chi connectivity index (χ4v) is 2.25. The van der Waals surface area contributed by atoms with Crippen molar-refractivity contribution in [3.8, 4) is 53.1 Å². The predicted octanol–water partition coefficient (Wildman–Crippen LogP) is 2.89. The summed E-state index contributed by atoms with van der Waals surface area (Å²) in [6, 6.07) is 11.5. The van der Waals surface area contributed by atoms with Gasteiger partial charge in [-0.15, -0.1) is 0 Å². The number of fused-ring (bicyclic) bond motifs is 2. The highest BCUT2D eigenvalue weighted by atomic mass is 16.5. The first-order valence-electron chi connectivity index (χ1n) is 7.79. The highest BCUT2D eigenvalue weighted by Crippen LogP contribution is 2.22. The predicted molar refractivity (Wildman–Crippen MR) is 102 cm³/mol. The van der Waals surface area contributed by atoms with Crippen LogP contribution in [0.5, 0.6) is 5.75 Å². The van der Waals surface area contributed by atoms with Gasteiger partial charge >= 0.3 is 5.97 Å². The molecule has 0 amide bonds. The molecule has 0 N–H and O–H groups in total. The third-order valence-electron chi connectivity index (χ3n) is 3.36. The molecule has 0 aliphatic heterocycles. The molecule has 0 aliphatic carbocycles. The first kappa shape index (κ1) is 17.4. The minimum absolute atomic E-state index is 0.190. The molecule has 3 rings (SSSR count). The van der Waals surface area contributed by atoms with Crippen LogP contribution >= 0.6 is 0 Å². The smallest absolute Gasteiger partial charge is 0.390 e. The van der Waals surface area contributed by atoms with Crippen LogP contribution in [0.25, 0.3) is 21.9 Å². The molecule has 0 atom stereocenters. The van der Waals surface area contributed by atoms with Gasteiger partial charge in [-0.3, -0.25) is 4.79 Å². The second-order valence-electron chi connectivity index (χ2n) is 5.10. The highest BCUT2D eigenvalue weighted by molar-refractivity contribution is 5.93. The molecular formula is C23H10O4. The van der Waals surface area contributed by atoms with Crippen molar-refractivity contribution in [1.82, 2.24) is 0 Å². The topological polar surface area (TPSA) is 56.5 Å². The van der Waals surface area contributed by atoms with E-state index in [9.17, 15) is 9.59 Å². The fraction of sp³-hybridized carbons (Fsp3) is 0.0435. The van der Waals surface area contributed by atoms with Gasteiger partial charge in [-0.1, -0.05) is 18.1 Å². The van der Waals surface area contributed by atoms with E-state index in [1.54, 1.807) is 37.3 Å². The summed E-state index contributed by atoms with van der Waals surface area (Å²) in [6.45, 7) is 1.66. The Bertz CT molecular complexity index is 1360. The van der Waals surface area contributed by atoms with Crippen molar-refractivity contribution in [3.63, 3.8) is 0 Å². The number of esters is 1. The minimum Gasteiger partial charge on any atom is -0.456 e. The van der Waals surface area contributed by atoms with Crippen molar-refractivity contribution in [2.75, 3.05) is 0 Å². The second-order valence-corrected chi connectivity index (χ2v) is 5.10. The maximum atomic E-state index is 12.6. The van der Waals surface area contributed by atoms with Gasteiger partial charge in [-0.05, 0) is 72.8 Å². The van der Waals surface area contributed by atoms with E-state index in [2.05, 4.69) is 47.4 Å². The van der Waals surface area contributed by atoms with Gasteiger partial charge in [0, 0.05) is 5.92 Å². The Labute approximate surface area is 155 Å². The maximum Gasteiger partial charge on any atom is 0.390 e. The highest BCUT2D eigenvalue weighted by Gasteiger charge is 2.09. The number of para-hydroxylation sites is 1. The molecule has 0 bridgehead atoms. The van der Waals surface area contributed by atoms with Gasteiger partial charge in [-0.2, -0.15) is 0 Å². The van der Waals surface area contributed by atoms with Crippen molar-refractivity contribution in [2.24, 2.45) is 0 Å². The summed E-state index contributed by atoms with van der Waals surface area (Å²) in [5, 5.41) is 0.775. The Morgan fingerprint density at radius 2 is 1.59 bits per heavy atom. The van der Waals surface area contributed by atoms with Crippen LogP contribution in [-0.4, -0.2) is 5.97 Å². The maximum absolute atomic E-state index is 12.6. The molecule has 2 aromatic carbocycles. The zero-order chi connectivity index (χ0) is 19.1. The van der Waals surface area contributed by atoms with E-state index in [0.717, 1.165) is 0 Å². The Morgan fingerprint density at radius 3 is 2.41 bits per heavy atom. The monoisotopic (exact) mass is 350 g/mol. The van der Waals surface area contributed by atoms with Crippen molar-refractivity contribution >= 4 is 27.9 Å². The number of ether oxygens (including phenoxy) is 1. The van der Waals surface area contributed by atoms with E-state index in [1.807, 2.05) is 0 Å². The third kappa shape index (κ3) is 4.18. The lowest BCUT2D eigenvalue weighted by atomic mass is 10.1. The zero-order valence-corrected chi connectivity index (χ0v) is 14.2. The zero-order valence-electron chi connectivity index (χ0n) is 14.2. The molecular weight excluding hydrogens is 340 g/mol. The Morgan fingerprint density at radius 1 is 0.889 bits per heavy atom. The van der Waals surface area contributed by atoms with Crippen molar-refractivity contribution in [3.05, 3.63) is 52.7 Å². The molecule has 0 radical (unpaired) electrons. The number of carbonyl (C=O) groups excluding carboxylic acids is 1. The number of benzene rings is 2. The minimum atomic E-state index is -0.796. The van der Waals surface area contributed by atoms with Gasteiger partial charge in [0.25, 0.3) is 0 Å². The molecule has 126 valence electrons. The summed E-state index contributed by atoms with van der Waals surface area (Å²) in [5.74, 6) is 18.9. The van der Waals surface area contributed by atoms with Gasteiger partial charge in [-0.25, -0.2) is 4.79 Å². The number of carbonyl (C=O) groups is 1. The summed E-state index contributed by atoms with van der Waals surface area (Å²) in [6.07, 6.45) is 0. The van der Waals surface area contributed by atoms with Crippen LogP contribution in [0.15, 0.2) is 51.7 Å². The number of hydrogen-bond acceptors (Lipinski definition) is 4. The van der Waals surface area contributed by atoms with Gasteiger partial charge in [0.2, 0.25) is 5.43 Å². The summed E-state index contributed by atoms with van der Waals surface area (Å²) in [5.41, 5.74) is 0.705. The molecule has 0 spiro atoms. The van der Waals surface area contributed by atoms with E-state index < -0.39 is 5.97 Å². The summed E-state index contributed by atoms with van der Waals surface area (Å²) < 4.78 is 10.8. The van der Waals surface area contributed by atoms with E-state index in [-0.39, 0.29) is 11.2 Å². The van der Waals surface area contributed by atoms with Crippen LogP contribution in [0.3, 0.4) is 0 Å². The molecule has 1 aromatic heterocycles. The number of rotatable bonds is 1. The molecule has 1 heterocycles. The molecule has 3 aromatic rings. The normalized spacial score (nSPS) is 8.78. The lowest BCUT2D eigenvalue weighted by Gasteiger charge is -2.03. The second kappa shape index (κ2) is 8.13. The summed E-state index contributed by atoms with van der Waals surface area (Å²) in [7, 11) is 0. The van der Waals surface area contributed by atoms with Crippen molar-refractivity contribution < 1.29 is 13.9 Å². The lowest BCUT2D eigenvalue weighted by molar-refractivity contribution is -0.128. The van der Waals surface area contributed by atoms with Gasteiger partial charge < -0.3 is 9.15 Å². The average Bonchev–Trinajstić information content (AvgIpc) is 2.68. The molecule has 4 heteroatoms. The van der Waals surface area contributed by atoms with Crippen LogP contribution in [0.1, 0.15) is 6.92 Å². The molecule has 27 heavy (non-hydrogen) atoms. The van der Waals surface area contributed by atoms with Crippen molar-refractivity contribution in [2.45, 2.75) is 6.92 Å². The fourth-order valence-electron chi connectivity index (χ4n) is 2.25. The quantitative estimate of drug-likeness (QED) is 0.223. The van der Waals surface area contributed by atoms with Gasteiger partial charge in [0.15, 0.2) is 0 Å². The Kier molecular flexibility index (Phi) is 5.25.